The molecule has 0 aliphatic carbocycles. The van der Waals surface area contributed by atoms with Crippen LogP contribution in [0.25, 0.3) is 27.7 Å². The van der Waals surface area contributed by atoms with Crippen molar-refractivity contribution < 1.29 is 4.79 Å². The summed E-state index contributed by atoms with van der Waals surface area (Å²) in [5.41, 5.74) is 7.04. The van der Waals surface area contributed by atoms with Crippen LogP contribution in [0.1, 0.15) is 29.6 Å². The molecule has 0 unspecified atom stereocenters. The van der Waals surface area contributed by atoms with E-state index < -0.39 is 0 Å². The van der Waals surface area contributed by atoms with Gasteiger partial charge < -0.3 is 4.90 Å². The Labute approximate surface area is 175 Å². The van der Waals surface area contributed by atoms with Crippen LogP contribution in [0.2, 0.25) is 0 Å². The zero-order valence-electron chi connectivity index (χ0n) is 17.4. The molecule has 30 heavy (non-hydrogen) atoms. The van der Waals surface area contributed by atoms with Gasteiger partial charge >= 0.3 is 0 Å². The van der Waals surface area contributed by atoms with Crippen LogP contribution in [0.15, 0.2) is 48.8 Å². The highest BCUT2D eigenvalue weighted by molar-refractivity contribution is 5.92. The lowest BCUT2D eigenvalue weighted by molar-refractivity contribution is -0.130. The summed E-state index contributed by atoms with van der Waals surface area (Å²) in [7, 11) is 1.85. The molecule has 0 fully saturated rings. The molecule has 1 aliphatic heterocycles. The molecule has 150 valence electrons. The predicted molar refractivity (Wildman–Crippen MR) is 116 cm³/mol. The van der Waals surface area contributed by atoms with Gasteiger partial charge in [0.15, 0.2) is 0 Å². The van der Waals surface area contributed by atoms with E-state index in [2.05, 4.69) is 30.1 Å². The minimum atomic E-state index is 0.146. The molecular formula is C24H23N5O. The Balaban J connectivity index is 1.66. The summed E-state index contributed by atoms with van der Waals surface area (Å²) < 4.78 is 2.01. The van der Waals surface area contributed by atoms with Gasteiger partial charge in [0, 0.05) is 41.6 Å². The number of rotatable bonds is 3. The van der Waals surface area contributed by atoms with E-state index in [9.17, 15) is 4.79 Å². The molecule has 0 atom stereocenters. The molecule has 0 saturated carbocycles. The van der Waals surface area contributed by atoms with E-state index in [-0.39, 0.29) is 5.91 Å². The lowest BCUT2D eigenvalue weighted by Crippen LogP contribution is -2.33. The second-order valence-electron chi connectivity index (χ2n) is 7.82. The normalized spacial score (nSPS) is 13.7. The van der Waals surface area contributed by atoms with Crippen LogP contribution >= 0.6 is 0 Å². The highest BCUT2D eigenvalue weighted by Gasteiger charge is 2.28. The van der Waals surface area contributed by atoms with Gasteiger partial charge in [-0.05, 0) is 43.0 Å². The van der Waals surface area contributed by atoms with Crippen LogP contribution < -0.4 is 0 Å². The zero-order valence-corrected chi connectivity index (χ0v) is 17.4. The van der Waals surface area contributed by atoms with Gasteiger partial charge in [0.1, 0.15) is 0 Å². The molecule has 0 N–H and O–H groups in total. The second-order valence-corrected chi connectivity index (χ2v) is 7.82. The van der Waals surface area contributed by atoms with Crippen molar-refractivity contribution in [1.29, 1.82) is 0 Å². The summed E-state index contributed by atoms with van der Waals surface area (Å²) >= 11 is 0. The van der Waals surface area contributed by atoms with E-state index in [4.69, 9.17) is 10.1 Å². The third-order valence-corrected chi connectivity index (χ3v) is 5.83. The first-order valence-electron chi connectivity index (χ1n) is 10.2. The van der Waals surface area contributed by atoms with Crippen LogP contribution in [-0.2, 0) is 24.2 Å². The van der Waals surface area contributed by atoms with E-state index in [0.717, 1.165) is 56.8 Å². The fourth-order valence-corrected chi connectivity index (χ4v) is 4.10. The Morgan fingerprint density at radius 3 is 2.73 bits per heavy atom. The second kappa shape index (κ2) is 7.06. The number of likely N-dealkylation sites (N-methyl/N-ethyl adjacent to an activating group) is 1. The van der Waals surface area contributed by atoms with Crippen LogP contribution in [0.4, 0.5) is 0 Å². The molecule has 1 aliphatic rings. The Hall–Kier alpha value is -3.54. The van der Waals surface area contributed by atoms with Gasteiger partial charge in [0.25, 0.3) is 0 Å². The number of amides is 1. The molecule has 5 rings (SSSR count). The molecule has 0 spiro atoms. The smallest absolute Gasteiger partial charge is 0.227 e. The Kier molecular flexibility index (Phi) is 4.35. The molecule has 4 heterocycles. The van der Waals surface area contributed by atoms with Crippen molar-refractivity contribution in [1.82, 2.24) is 24.6 Å². The molecule has 1 amide bonds. The molecule has 3 aromatic heterocycles. The Bertz CT molecular complexity index is 1270. The summed E-state index contributed by atoms with van der Waals surface area (Å²) in [6.07, 6.45) is 5.00. The van der Waals surface area contributed by atoms with Crippen LogP contribution in [-0.4, -0.2) is 37.6 Å². The highest BCUT2D eigenvalue weighted by Crippen LogP contribution is 2.30. The zero-order chi connectivity index (χ0) is 20.8. The molecule has 0 saturated heterocycles. The van der Waals surface area contributed by atoms with Gasteiger partial charge in [-0.25, -0.2) is 4.68 Å². The lowest BCUT2D eigenvalue weighted by Gasteiger charge is -2.24. The van der Waals surface area contributed by atoms with Crippen molar-refractivity contribution in [2.75, 3.05) is 7.05 Å². The number of carbonyl (C=O) groups excluding carboxylic acids is 1. The topological polar surface area (TPSA) is 63.9 Å². The minimum absolute atomic E-state index is 0.146. The van der Waals surface area contributed by atoms with Gasteiger partial charge in [-0.1, -0.05) is 19.1 Å². The maximum atomic E-state index is 12.3. The summed E-state index contributed by atoms with van der Waals surface area (Å²) in [6, 6.07) is 12.4. The number of benzene rings is 1. The number of aryl methyl sites for hydroxylation is 2. The molecule has 6 heteroatoms. The van der Waals surface area contributed by atoms with Crippen molar-refractivity contribution in [3.05, 3.63) is 71.4 Å². The third-order valence-electron chi connectivity index (χ3n) is 5.83. The average Bonchev–Trinajstić information content (AvgIpc) is 3.11. The molecule has 0 radical (unpaired) electrons. The first kappa shape index (κ1) is 18.5. The largest absolute Gasteiger partial charge is 0.340 e. The molecule has 4 aromatic rings. The Morgan fingerprint density at radius 1 is 1.10 bits per heavy atom. The van der Waals surface area contributed by atoms with E-state index in [1.54, 1.807) is 4.90 Å². The first-order valence-corrected chi connectivity index (χ1v) is 10.2. The van der Waals surface area contributed by atoms with E-state index in [1.165, 1.54) is 0 Å². The quantitative estimate of drug-likeness (QED) is 0.526. The lowest BCUT2D eigenvalue weighted by atomic mass is 10.0. The SMILES string of the molecule is CCc1nn(-c2cccc3cc(-c4ccc(C)nc4)ncc23)c2c1CC(=O)N(C)C2. The maximum Gasteiger partial charge on any atom is 0.227 e. The summed E-state index contributed by atoms with van der Waals surface area (Å²) in [6.45, 7) is 4.63. The summed E-state index contributed by atoms with van der Waals surface area (Å²) in [5, 5.41) is 7.02. The van der Waals surface area contributed by atoms with Crippen molar-refractivity contribution in [3.8, 4) is 16.9 Å². The Morgan fingerprint density at radius 2 is 1.97 bits per heavy atom. The molecular weight excluding hydrogens is 374 g/mol. The van der Waals surface area contributed by atoms with Crippen LogP contribution in [0, 0.1) is 6.92 Å². The standard InChI is InChI=1S/C24H23N5O/c1-4-20-18-11-24(30)28(3)14-23(18)29(27-20)22-7-5-6-16-10-21(26-13-19(16)22)17-9-8-15(2)25-12-17/h5-10,12-13H,4,11,14H2,1-3H3. The van der Waals surface area contributed by atoms with E-state index in [0.29, 0.717) is 13.0 Å². The minimum Gasteiger partial charge on any atom is -0.340 e. The van der Waals surface area contributed by atoms with Gasteiger partial charge in [0.05, 0.1) is 35.7 Å². The summed E-state index contributed by atoms with van der Waals surface area (Å²) in [4.78, 5) is 23.1. The summed E-state index contributed by atoms with van der Waals surface area (Å²) in [5.74, 6) is 0.146. The highest BCUT2D eigenvalue weighted by atomic mass is 16.2. The monoisotopic (exact) mass is 397 g/mol. The van der Waals surface area contributed by atoms with Crippen molar-refractivity contribution in [3.63, 3.8) is 0 Å². The third kappa shape index (κ3) is 2.96. The van der Waals surface area contributed by atoms with Crippen molar-refractivity contribution in [2.24, 2.45) is 0 Å². The predicted octanol–water partition coefficient (Wildman–Crippen LogP) is 3.87. The number of hydrogen-bond donors (Lipinski definition) is 0. The van der Waals surface area contributed by atoms with Gasteiger partial charge in [-0.15, -0.1) is 0 Å². The van der Waals surface area contributed by atoms with Crippen LogP contribution in [0.5, 0.6) is 0 Å². The van der Waals surface area contributed by atoms with Crippen LogP contribution in [0.3, 0.4) is 0 Å². The fraction of sp³-hybridized carbons (Fsp3) is 0.250. The number of pyridine rings is 2. The molecule has 1 aromatic carbocycles. The van der Waals surface area contributed by atoms with E-state index in [1.807, 2.05) is 49.2 Å². The number of hydrogen-bond acceptors (Lipinski definition) is 4. The molecule has 0 bridgehead atoms. The van der Waals surface area contributed by atoms with Crippen molar-refractivity contribution in [2.45, 2.75) is 33.2 Å². The maximum absolute atomic E-state index is 12.3. The van der Waals surface area contributed by atoms with Crippen molar-refractivity contribution >= 4 is 16.7 Å². The number of nitrogens with zero attached hydrogens (tertiary/aromatic N) is 5. The van der Waals surface area contributed by atoms with Gasteiger partial charge in [0.2, 0.25) is 5.91 Å². The number of fused-ring (bicyclic) bond motifs is 2. The van der Waals surface area contributed by atoms with Gasteiger partial charge in [-0.3, -0.25) is 14.8 Å². The average molecular weight is 397 g/mol. The number of carbonyl (C=O) groups is 1. The van der Waals surface area contributed by atoms with E-state index >= 15 is 0 Å². The van der Waals surface area contributed by atoms with Gasteiger partial charge in [-0.2, -0.15) is 5.10 Å². The first-order chi connectivity index (χ1) is 14.5. The molecule has 6 nitrogen and oxygen atoms in total. The fourth-order valence-electron chi connectivity index (χ4n) is 4.10. The number of aromatic nitrogens is 4.